The van der Waals surface area contributed by atoms with Gasteiger partial charge in [-0.3, -0.25) is 14.5 Å². The summed E-state index contributed by atoms with van der Waals surface area (Å²) in [5.74, 6) is 0.0685. The molecule has 0 unspecified atom stereocenters. The first-order valence-electron chi connectivity index (χ1n) is 7.31. The second kappa shape index (κ2) is 7.40. The molecule has 2 rings (SSSR count). The van der Waals surface area contributed by atoms with Gasteiger partial charge in [-0.15, -0.1) is 0 Å². The van der Waals surface area contributed by atoms with Crippen LogP contribution in [0.3, 0.4) is 0 Å². The van der Waals surface area contributed by atoms with Crippen molar-refractivity contribution in [1.82, 2.24) is 4.90 Å². The lowest BCUT2D eigenvalue weighted by atomic mass is 10.1. The highest BCUT2D eigenvalue weighted by molar-refractivity contribution is 9.10. The molecule has 1 heterocycles. The Bertz CT molecular complexity index is 674. The van der Waals surface area contributed by atoms with Gasteiger partial charge in [0.25, 0.3) is 11.1 Å². The Morgan fingerprint density at radius 3 is 2.70 bits per heavy atom. The van der Waals surface area contributed by atoms with Gasteiger partial charge in [-0.1, -0.05) is 22.9 Å². The SMILES string of the molecule is CCOc1cc(/C=C2/SC(=O)N([C@@H](C)CC)C2=O)c(Br)cc1O. The lowest BCUT2D eigenvalue weighted by Gasteiger charge is -2.19. The van der Waals surface area contributed by atoms with Crippen molar-refractivity contribution in [3.8, 4) is 11.5 Å². The van der Waals surface area contributed by atoms with E-state index in [0.29, 0.717) is 33.7 Å². The largest absolute Gasteiger partial charge is 0.504 e. The molecule has 1 atom stereocenters. The number of amides is 2. The lowest BCUT2D eigenvalue weighted by Crippen LogP contribution is -2.36. The van der Waals surface area contributed by atoms with E-state index in [2.05, 4.69) is 15.9 Å². The number of aromatic hydroxyl groups is 1. The number of carbonyl (C=O) groups is 2. The van der Waals surface area contributed by atoms with Crippen molar-refractivity contribution in [3.63, 3.8) is 0 Å². The molecule has 0 spiro atoms. The van der Waals surface area contributed by atoms with Crippen LogP contribution < -0.4 is 4.74 Å². The highest BCUT2D eigenvalue weighted by atomic mass is 79.9. The van der Waals surface area contributed by atoms with E-state index in [0.717, 1.165) is 11.8 Å². The fourth-order valence-electron chi connectivity index (χ4n) is 2.12. The van der Waals surface area contributed by atoms with Crippen molar-refractivity contribution in [2.75, 3.05) is 6.61 Å². The van der Waals surface area contributed by atoms with Gasteiger partial charge < -0.3 is 9.84 Å². The first-order valence-corrected chi connectivity index (χ1v) is 8.92. The van der Waals surface area contributed by atoms with E-state index in [1.165, 1.54) is 11.0 Å². The zero-order chi connectivity index (χ0) is 17.1. The third kappa shape index (κ3) is 3.72. The third-order valence-electron chi connectivity index (χ3n) is 3.52. The fraction of sp³-hybridized carbons (Fsp3) is 0.375. The second-order valence-electron chi connectivity index (χ2n) is 5.08. The number of hydrogen-bond donors (Lipinski definition) is 1. The lowest BCUT2D eigenvalue weighted by molar-refractivity contribution is -0.124. The Labute approximate surface area is 147 Å². The number of carbonyl (C=O) groups excluding carboxylic acids is 2. The van der Waals surface area contributed by atoms with Crippen molar-refractivity contribution in [1.29, 1.82) is 0 Å². The summed E-state index contributed by atoms with van der Waals surface area (Å²) in [5, 5.41) is 9.58. The van der Waals surface area contributed by atoms with Crippen LogP contribution in [0.4, 0.5) is 4.79 Å². The quantitative estimate of drug-likeness (QED) is 0.743. The standard InChI is InChI=1S/C16H18BrNO4S/c1-4-9(3)18-15(20)14(23-16(18)21)7-10-6-13(22-5-2)12(19)8-11(10)17/h6-9,19H,4-5H2,1-3H3/b14-7+/t9-/m0/s1. The van der Waals surface area contributed by atoms with Gasteiger partial charge in [0.05, 0.1) is 11.5 Å². The molecule has 1 aliphatic rings. The van der Waals surface area contributed by atoms with E-state index >= 15 is 0 Å². The summed E-state index contributed by atoms with van der Waals surface area (Å²) in [6.45, 7) is 6.02. The molecule has 1 saturated heterocycles. The Morgan fingerprint density at radius 2 is 2.09 bits per heavy atom. The third-order valence-corrected chi connectivity index (χ3v) is 5.09. The molecule has 5 nitrogen and oxygen atoms in total. The maximum absolute atomic E-state index is 12.4. The van der Waals surface area contributed by atoms with E-state index in [-0.39, 0.29) is 22.9 Å². The Balaban J connectivity index is 2.37. The predicted molar refractivity (Wildman–Crippen MR) is 94.5 cm³/mol. The van der Waals surface area contributed by atoms with Gasteiger partial charge in [0.1, 0.15) is 0 Å². The van der Waals surface area contributed by atoms with Crippen molar-refractivity contribution in [2.24, 2.45) is 0 Å². The number of ether oxygens (including phenoxy) is 1. The molecule has 124 valence electrons. The molecular formula is C16H18BrNO4S. The number of hydrogen-bond acceptors (Lipinski definition) is 5. The first-order chi connectivity index (χ1) is 10.9. The summed E-state index contributed by atoms with van der Waals surface area (Å²) < 4.78 is 5.97. The van der Waals surface area contributed by atoms with Gasteiger partial charge in [-0.25, -0.2) is 0 Å². The monoisotopic (exact) mass is 399 g/mol. The van der Waals surface area contributed by atoms with Crippen molar-refractivity contribution in [3.05, 3.63) is 27.1 Å². The average Bonchev–Trinajstić information content (AvgIpc) is 2.78. The Kier molecular flexibility index (Phi) is 5.75. The fourth-order valence-corrected chi connectivity index (χ4v) is 3.49. The Hall–Kier alpha value is -1.47. The molecule has 1 aromatic rings. The molecular weight excluding hydrogens is 382 g/mol. The molecule has 1 aromatic carbocycles. The topological polar surface area (TPSA) is 66.8 Å². The Morgan fingerprint density at radius 1 is 1.39 bits per heavy atom. The molecule has 0 aromatic heterocycles. The number of thioether (sulfide) groups is 1. The van der Waals surface area contributed by atoms with E-state index in [4.69, 9.17) is 4.74 Å². The summed E-state index contributed by atoms with van der Waals surface area (Å²) >= 11 is 4.28. The van der Waals surface area contributed by atoms with E-state index < -0.39 is 0 Å². The number of phenols is 1. The highest BCUT2D eigenvalue weighted by Gasteiger charge is 2.37. The number of benzene rings is 1. The smallest absolute Gasteiger partial charge is 0.293 e. The highest BCUT2D eigenvalue weighted by Crippen LogP contribution is 2.38. The van der Waals surface area contributed by atoms with Crippen molar-refractivity contribution < 1.29 is 19.4 Å². The summed E-state index contributed by atoms with van der Waals surface area (Å²) in [4.78, 5) is 26.1. The summed E-state index contributed by atoms with van der Waals surface area (Å²) in [6, 6.07) is 3.02. The number of rotatable bonds is 5. The molecule has 0 radical (unpaired) electrons. The minimum atomic E-state index is -0.285. The van der Waals surface area contributed by atoms with Gasteiger partial charge in [-0.05, 0) is 55.8 Å². The second-order valence-corrected chi connectivity index (χ2v) is 6.93. The molecule has 1 N–H and O–H groups in total. The molecule has 0 saturated carbocycles. The van der Waals surface area contributed by atoms with Crippen LogP contribution in [0.15, 0.2) is 21.5 Å². The molecule has 23 heavy (non-hydrogen) atoms. The van der Waals surface area contributed by atoms with Gasteiger partial charge in [0.15, 0.2) is 11.5 Å². The zero-order valence-corrected chi connectivity index (χ0v) is 15.5. The summed E-state index contributed by atoms with van der Waals surface area (Å²) in [7, 11) is 0. The van der Waals surface area contributed by atoms with Gasteiger partial charge in [-0.2, -0.15) is 0 Å². The van der Waals surface area contributed by atoms with Gasteiger partial charge in [0.2, 0.25) is 0 Å². The number of halogens is 1. The van der Waals surface area contributed by atoms with Gasteiger partial charge >= 0.3 is 0 Å². The average molecular weight is 400 g/mol. The molecule has 1 aliphatic heterocycles. The zero-order valence-electron chi connectivity index (χ0n) is 13.1. The van der Waals surface area contributed by atoms with Crippen LogP contribution in [0.5, 0.6) is 11.5 Å². The van der Waals surface area contributed by atoms with E-state index in [9.17, 15) is 14.7 Å². The number of phenolic OH excluding ortho intramolecular Hbond substituents is 1. The van der Waals surface area contributed by atoms with Gasteiger partial charge in [0, 0.05) is 10.5 Å². The molecule has 0 aliphatic carbocycles. The van der Waals surface area contributed by atoms with E-state index in [1.807, 2.05) is 20.8 Å². The van der Waals surface area contributed by atoms with E-state index in [1.54, 1.807) is 12.1 Å². The molecule has 7 heteroatoms. The predicted octanol–water partition coefficient (Wildman–Crippen LogP) is 4.39. The van der Waals surface area contributed by atoms with Crippen molar-refractivity contribution in [2.45, 2.75) is 33.2 Å². The van der Waals surface area contributed by atoms with Crippen molar-refractivity contribution >= 4 is 44.9 Å². The van der Waals surface area contributed by atoms with Crippen LogP contribution >= 0.6 is 27.7 Å². The first kappa shape index (κ1) is 17.9. The van der Waals surface area contributed by atoms with Crippen LogP contribution in [0, 0.1) is 0 Å². The van der Waals surface area contributed by atoms with Crippen LogP contribution in [0.1, 0.15) is 32.8 Å². The summed E-state index contributed by atoms with van der Waals surface area (Å²) in [6.07, 6.45) is 2.35. The maximum atomic E-state index is 12.4. The van der Waals surface area contributed by atoms with Crippen LogP contribution in [-0.2, 0) is 4.79 Å². The minimum Gasteiger partial charge on any atom is -0.504 e. The normalized spacial score (nSPS) is 17.9. The van der Waals surface area contributed by atoms with Crippen LogP contribution in [0.2, 0.25) is 0 Å². The number of nitrogens with zero attached hydrogens (tertiary/aromatic N) is 1. The summed E-state index contributed by atoms with van der Waals surface area (Å²) in [5.41, 5.74) is 0.668. The van der Waals surface area contributed by atoms with Crippen LogP contribution in [-0.4, -0.2) is 33.8 Å². The molecule has 1 fully saturated rings. The maximum Gasteiger partial charge on any atom is 0.293 e. The molecule has 2 amide bonds. The molecule has 0 bridgehead atoms. The van der Waals surface area contributed by atoms with Crippen LogP contribution in [0.25, 0.3) is 6.08 Å². The number of imide groups is 1. The minimum absolute atomic E-state index is 0.0172.